The minimum absolute atomic E-state index is 0.478. The van der Waals surface area contributed by atoms with Gasteiger partial charge in [-0.25, -0.2) is 8.98 Å². The smallest absolute Gasteiger partial charge is 0.399 e. The fraction of sp³-hybridized carbons (Fsp3) is 0.792. The first-order chi connectivity index (χ1) is 14.9. The number of carboxylic acids is 1. The Hall–Kier alpha value is -1.36. The van der Waals surface area contributed by atoms with E-state index < -0.39 is 22.5 Å². The zero-order valence-electron chi connectivity index (χ0n) is 19.2. The zero-order valence-corrected chi connectivity index (χ0v) is 20.0. The summed E-state index contributed by atoms with van der Waals surface area (Å²) in [5.74, 6) is 3.28. The molecule has 0 unspecified atom stereocenters. The van der Waals surface area contributed by atoms with E-state index in [2.05, 4.69) is 35.1 Å². The van der Waals surface area contributed by atoms with Gasteiger partial charge in [0.15, 0.2) is 0 Å². The molecule has 0 rings (SSSR count). The first-order valence-electron chi connectivity index (χ1n) is 11.9. The molecule has 0 aromatic rings. The molecule has 0 radical (unpaired) electrons. The molecule has 31 heavy (non-hydrogen) atoms. The Morgan fingerprint density at radius 1 is 0.839 bits per heavy atom. The topological polar surface area (TPSA) is 101 Å². The lowest BCUT2D eigenvalue weighted by molar-refractivity contribution is -0.142. The molecule has 0 aromatic carbocycles. The predicted octanol–water partition coefficient (Wildman–Crippen LogP) is 6.47. The van der Waals surface area contributed by atoms with Gasteiger partial charge >= 0.3 is 16.4 Å². The second-order valence-electron chi connectivity index (χ2n) is 7.96. The predicted molar refractivity (Wildman–Crippen MR) is 125 cm³/mol. The largest absolute Gasteiger partial charge is 0.479 e. The van der Waals surface area contributed by atoms with E-state index >= 15 is 0 Å². The van der Waals surface area contributed by atoms with E-state index in [9.17, 15) is 13.2 Å². The van der Waals surface area contributed by atoms with Crippen molar-refractivity contribution in [2.24, 2.45) is 0 Å². The number of carboxylic acid groups (broad SMARTS) is 1. The quantitative estimate of drug-likeness (QED) is 0.0938. The van der Waals surface area contributed by atoms with E-state index in [0.29, 0.717) is 6.42 Å². The number of rotatable bonds is 20. The van der Waals surface area contributed by atoms with E-state index in [0.717, 1.165) is 19.3 Å². The number of allylic oxidation sites excluding steroid dienone is 2. The lowest BCUT2D eigenvalue weighted by atomic mass is 10.0. The highest BCUT2D eigenvalue weighted by Gasteiger charge is 2.21. The third-order valence-electron chi connectivity index (χ3n) is 4.99. The Kier molecular flexibility index (Phi) is 19.6. The van der Waals surface area contributed by atoms with E-state index in [4.69, 9.17) is 9.66 Å². The van der Waals surface area contributed by atoms with Gasteiger partial charge in [-0.15, -0.1) is 0 Å². The molecule has 7 heteroatoms. The lowest BCUT2D eigenvalue weighted by Crippen LogP contribution is -2.25. The van der Waals surface area contributed by atoms with Crippen molar-refractivity contribution in [1.29, 1.82) is 0 Å². The van der Waals surface area contributed by atoms with Gasteiger partial charge in [-0.1, -0.05) is 102 Å². The number of aliphatic carboxylic acids is 1. The third kappa shape index (κ3) is 23.1. The van der Waals surface area contributed by atoms with Crippen LogP contribution in [-0.2, 0) is 19.4 Å². The SMILES string of the molecule is CCCCCC/C=C/CCCCCCCCCCCCC#C[C@@H](OS(=O)(=O)O)C(=O)O. The van der Waals surface area contributed by atoms with Crippen molar-refractivity contribution >= 4 is 16.4 Å². The van der Waals surface area contributed by atoms with Crippen LogP contribution in [0.15, 0.2) is 12.2 Å². The molecule has 0 aliphatic carbocycles. The molecule has 2 N–H and O–H groups in total. The Balaban J connectivity index is 3.46. The van der Waals surface area contributed by atoms with Gasteiger partial charge in [0.2, 0.25) is 6.10 Å². The summed E-state index contributed by atoms with van der Waals surface area (Å²) < 4.78 is 33.6. The average molecular weight is 459 g/mol. The Morgan fingerprint density at radius 3 is 1.74 bits per heavy atom. The zero-order chi connectivity index (χ0) is 23.2. The molecule has 0 aliphatic rings. The second kappa shape index (κ2) is 20.5. The first kappa shape index (κ1) is 29.6. The normalized spacial score (nSPS) is 12.6. The van der Waals surface area contributed by atoms with E-state index in [1.165, 1.54) is 83.5 Å². The number of hydrogen-bond donors (Lipinski definition) is 2. The van der Waals surface area contributed by atoms with Crippen LogP contribution in [0.1, 0.15) is 116 Å². The van der Waals surface area contributed by atoms with Crippen molar-refractivity contribution in [1.82, 2.24) is 0 Å². The van der Waals surface area contributed by atoms with Gasteiger partial charge < -0.3 is 5.11 Å². The van der Waals surface area contributed by atoms with Crippen LogP contribution >= 0.6 is 0 Å². The summed E-state index contributed by atoms with van der Waals surface area (Å²) in [5, 5.41) is 8.79. The summed E-state index contributed by atoms with van der Waals surface area (Å²) in [7, 11) is -4.83. The van der Waals surface area contributed by atoms with Crippen LogP contribution in [0, 0.1) is 11.8 Å². The van der Waals surface area contributed by atoms with Crippen LogP contribution in [-0.4, -0.2) is 30.2 Å². The van der Waals surface area contributed by atoms with Crippen LogP contribution in [0.25, 0.3) is 0 Å². The van der Waals surface area contributed by atoms with Crippen molar-refractivity contribution in [3.05, 3.63) is 12.2 Å². The molecule has 0 spiro atoms. The number of hydrogen-bond acceptors (Lipinski definition) is 4. The van der Waals surface area contributed by atoms with Crippen LogP contribution in [0.2, 0.25) is 0 Å². The van der Waals surface area contributed by atoms with Gasteiger partial charge in [-0.05, 0) is 32.1 Å². The van der Waals surface area contributed by atoms with Gasteiger partial charge in [-0.3, -0.25) is 4.55 Å². The summed E-state index contributed by atoms with van der Waals surface area (Å²) in [6, 6.07) is 0. The molecule has 0 saturated carbocycles. The molecule has 0 saturated heterocycles. The Labute approximate surface area is 189 Å². The third-order valence-corrected chi connectivity index (χ3v) is 5.42. The summed E-state index contributed by atoms with van der Waals surface area (Å²) in [6.45, 7) is 2.24. The maximum absolute atomic E-state index is 10.8. The average Bonchev–Trinajstić information content (AvgIpc) is 2.70. The Morgan fingerprint density at radius 2 is 1.29 bits per heavy atom. The van der Waals surface area contributed by atoms with Gasteiger partial charge in [0, 0.05) is 6.42 Å². The highest BCUT2D eigenvalue weighted by atomic mass is 32.3. The summed E-state index contributed by atoms with van der Waals surface area (Å²) in [6.07, 6.45) is 23.0. The van der Waals surface area contributed by atoms with Crippen molar-refractivity contribution in [3.63, 3.8) is 0 Å². The van der Waals surface area contributed by atoms with Crippen LogP contribution < -0.4 is 0 Å². The highest BCUT2D eigenvalue weighted by molar-refractivity contribution is 7.80. The van der Waals surface area contributed by atoms with Crippen molar-refractivity contribution in [2.45, 2.75) is 122 Å². The molecule has 6 nitrogen and oxygen atoms in total. The van der Waals surface area contributed by atoms with E-state index in [1.54, 1.807) is 0 Å². The van der Waals surface area contributed by atoms with E-state index in [-0.39, 0.29) is 0 Å². The molecule has 0 amide bonds. The molecule has 0 bridgehead atoms. The van der Waals surface area contributed by atoms with Crippen molar-refractivity contribution in [3.8, 4) is 11.8 Å². The highest BCUT2D eigenvalue weighted by Crippen LogP contribution is 2.12. The van der Waals surface area contributed by atoms with Gasteiger partial charge in [-0.2, -0.15) is 8.42 Å². The minimum atomic E-state index is -4.83. The van der Waals surface area contributed by atoms with Crippen LogP contribution in [0.4, 0.5) is 0 Å². The summed E-state index contributed by atoms with van der Waals surface area (Å²) in [4.78, 5) is 10.8. The molecule has 0 fully saturated rings. The first-order valence-corrected chi connectivity index (χ1v) is 13.2. The van der Waals surface area contributed by atoms with Crippen molar-refractivity contribution in [2.75, 3.05) is 0 Å². The molecule has 0 aliphatic heterocycles. The summed E-state index contributed by atoms with van der Waals surface area (Å²) in [5.41, 5.74) is 0. The van der Waals surface area contributed by atoms with Gasteiger partial charge in [0.1, 0.15) is 0 Å². The maximum atomic E-state index is 10.8. The van der Waals surface area contributed by atoms with Crippen LogP contribution in [0.5, 0.6) is 0 Å². The molecular weight excluding hydrogens is 416 g/mol. The van der Waals surface area contributed by atoms with E-state index in [1.807, 2.05) is 0 Å². The van der Waals surface area contributed by atoms with Crippen molar-refractivity contribution < 1.29 is 27.1 Å². The molecule has 1 atom stereocenters. The van der Waals surface area contributed by atoms with Gasteiger partial charge in [0.05, 0.1) is 0 Å². The fourth-order valence-corrected chi connectivity index (χ4v) is 3.60. The fourth-order valence-electron chi connectivity index (χ4n) is 3.23. The standard InChI is InChI=1S/C24H42O6S/c1-2-3-4-5-6-7-8-9-10-11-12-13-14-15-16-17-18-19-20-21-22-23(24(25)26)30-31(27,28)29/h7-8,23H,2-6,9-20H2,1H3,(H,25,26)(H,27,28,29)/b8-7+/t23-/m1/s1. The number of carbonyl (C=O) groups is 1. The molecule has 180 valence electrons. The monoisotopic (exact) mass is 458 g/mol. The van der Waals surface area contributed by atoms with Gasteiger partial charge in [0.25, 0.3) is 0 Å². The molecular formula is C24H42O6S. The summed E-state index contributed by atoms with van der Waals surface area (Å²) >= 11 is 0. The molecule has 0 aromatic heterocycles. The van der Waals surface area contributed by atoms with Crippen LogP contribution in [0.3, 0.4) is 0 Å². The number of unbranched alkanes of at least 4 members (excludes halogenated alkanes) is 15. The lowest BCUT2D eigenvalue weighted by Gasteiger charge is -2.03. The maximum Gasteiger partial charge on any atom is 0.399 e. The second-order valence-corrected chi connectivity index (χ2v) is 9.01. The Bertz CT molecular complexity index is 630. The minimum Gasteiger partial charge on any atom is -0.479 e. The molecule has 0 heterocycles.